The smallest absolute Gasteiger partial charge is 0.134 e. The normalized spacial score (nSPS) is 12.3. The molecule has 2 aromatic rings. The van der Waals surface area contributed by atoms with Crippen molar-refractivity contribution in [1.82, 2.24) is 15.5 Å². The first-order valence-corrected chi connectivity index (χ1v) is 7.77. The average molecular weight is 291 g/mol. The maximum atomic E-state index is 5.16. The molecule has 4 nitrogen and oxygen atoms in total. The quantitative estimate of drug-likeness (QED) is 0.851. The Morgan fingerprint density at radius 2 is 1.95 bits per heavy atom. The SMILES string of the molecule is CCNC(CC)c1nnc(Cc2ccc(OC)cc2)s1. The predicted octanol–water partition coefficient (Wildman–Crippen LogP) is 3.20. The lowest BCUT2D eigenvalue weighted by atomic mass is 10.1. The van der Waals surface area contributed by atoms with Gasteiger partial charge in [0.2, 0.25) is 0 Å². The van der Waals surface area contributed by atoms with Crippen molar-refractivity contribution in [3.63, 3.8) is 0 Å². The van der Waals surface area contributed by atoms with Crippen molar-refractivity contribution in [3.8, 4) is 5.75 Å². The number of hydrogen-bond donors (Lipinski definition) is 1. The number of nitrogens with zero attached hydrogens (tertiary/aromatic N) is 2. The first kappa shape index (κ1) is 14.9. The second kappa shape index (κ2) is 7.36. The number of nitrogens with one attached hydrogen (secondary N) is 1. The molecule has 5 heteroatoms. The molecule has 1 aromatic carbocycles. The van der Waals surface area contributed by atoms with E-state index >= 15 is 0 Å². The molecule has 0 fully saturated rings. The molecule has 1 heterocycles. The lowest BCUT2D eigenvalue weighted by Crippen LogP contribution is -2.19. The van der Waals surface area contributed by atoms with Crippen LogP contribution in [0.5, 0.6) is 5.75 Å². The summed E-state index contributed by atoms with van der Waals surface area (Å²) in [7, 11) is 1.68. The molecule has 1 unspecified atom stereocenters. The highest BCUT2D eigenvalue weighted by Crippen LogP contribution is 2.23. The summed E-state index contributed by atoms with van der Waals surface area (Å²) in [6.07, 6.45) is 1.86. The number of rotatable bonds is 7. The Kier molecular flexibility index (Phi) is 5.49. The van der Waals surface area contributed by atoms with Crippen LogP contribution in [-0.4, -0.2) is 23.9 Å². The monoisotopic (exact) mass is 291 g/mol. The highest BCUT2D eigenvalue weighted by atomic mass is 32.1. The van der Waals surface area contributed by atoms with E-state index in [1.807, 2.05) is 12.1 Å². The van der Waals surface area contributed by atoms with Gasteiger partial charge < -0.3 is 10.1 Å². The molecule has 0 saturated carbocycles. The Labute approximate surface area is 124 Å². The molecule has 0 saturated heterocycles. The molecule has 0 amide bonds. The van der Waals surface area contributed by atoms with Gasteiger partial charge in [0.1, 0.15) is 15.8 Å². The van der Waals surface area contributed by atoms with Crippen LogP contribution in [0.1, 0.15) is 41.9 Å². The average Bonchev–Trinajstić information content (AvgIpc) is 2.94. The van der Waals surface area contributed by atoms with E-state index in [0.717, 1.165) is 35.2 Å². The first-order chi connectivity index (χ1) is 9.76. The van der Waals surface area contributed by atoms with Crippen molar-refractivity contribution in [2.75, 3.05) is 13.7 Å². The Balaban J connectivity index is 2.04. The zero-order chi connectivity index (χ0) is 14.4. The van der Waals surface area contributed by atoms with Crippen LogP contribution in [0.25, 0.3) is 0 Å². The van der Waals surface area contributed by atoms with Gasteiger partial charge in [0.25, 0.3) is 0 Å². The van der Waals surface area contributed by atoms with Gasteiger partial charge in [-0.3, -0.25) is 0 Å². The predicted molar refractivity (Wildman–Crippen MR) is 82.4 cm³/mol. The van der Waals surface area contributed by atoms with Crippen molar-refractivity contribution in [2.45, 2.75) is 32.7 Å². The van der Waals surface area contributed by atoms with E-state index < -0.39 is 0 Å². The molecule has 2 rings (SSSR count). The molecule has 1 atom stereocenters. The fraction of sp³-hybridized carbons (Fsp3) is 0.467. The lowest BCUT2D eigenvalue weighted by molar-refractivity contribution is 0.414. The third kappa shape index (κ3) is 3.77. The second-order valence-corrected chi connectivity index (χ2v) is 5.67. The van der Waals surface area contributed by atoms with E-state index in [0.29, 0.717) is 6.04 Å². The van der Waals surface area contributed by atoms with E-state index in [1.165, 1.54) is 5.56 Å². The molecule has 0 spiro atoms. The maximum absolute atomic E-state index is 5.16. The molecule has 0 aliphatic rings. The van der Waals surface area contributed by atoms with Crippen LogP contribution in [-0.2, 0) is 6.42 Å². The van der Waals surface area contributed by atoms with Gasteiger partial charge in [-0.1, -0.05) is 37.3 Å². The molecule has 0 aliphatic carbocycles. The van der Waals surface area contributed by atoms with Gasteiger partial charge in [0, 0.05) is 6.42 Å². The molecular formula is C15H21N3OS. The van der Waals surface area contributed by atoms with Gasteiger partial charge in [0.15, 0.2) is 0 Å². The summed E-state index contributed by atoms with van der Waals surface area (Å²) in [5, 5.41) is 14.2. The van der Waals surface area contributed by atoms with Crippen molar-refractivity contribution in [3.05, 3.63) is 39.8 Å². The van der Waals surface area contributed by atoms with Gasteiger partial charge >= 0.3 is 0 Å². The number of methoxy groups -OCH3 is 1. The minimum atomic E-state index is 0.321. The Morgan fingerprint density at radius 3 is 2.55 bits per heavy atom. The molecule has 20 heavy (non-hydrogen) atoms. The number of ether oxygens (including phenoxy) is 1. The van der Waals surface area contributed by atoms with Crippen molar-refractivity contribution in [2.24, 2.45) is 0 Å². The van der Waals surface area contributed by atoms with Gasteiger partial charge in [-0.05, 0) is 30.7 Å². The standard InChI is InChI=1S/C15H21N3OS/c1-4-13(16-5-2)15-18-17-14(20-15)10-11-6-8-12(19-3)9-7-11/h6-9,13,16H,4-5,10H2,1-3H3. The van der Waals surface area contributed by atoms with Gasteiger partial charge in [-0.25, -0.2) is 0 Å². The van der Waals surface area contributed by atoms with Gasteiger partial charge in [-0.15, -0.1) is 10.2 Å². The molecule has 1 N–H and O–H groups in total. The number of hydrogen-bond acceptors (Lipinski definition) is 5. The van der Waals surface area contributed by atoms with Gasteiger partial charge in [0.05, 0.1) is 13.2 Å². The summed E-state index contributed by atoms with van der Waals surface area (Å²) in [6.45, 7) is 5.23. The minimum Gasteiger partial charge on any atom is -0.497 e. The van der Waals surface area contributed by atoms with E-state index in [4.69, 9.17) is 4.74 Å². The van der Waals surface area contributed by atoms with Crippen molar-refractivity contribution in [1.29, 1.82) is 0 Å². The molecule has 1 aromatic heterocycles. The Morgan fingerprint density at radius 1 is 1.20 bits per heavy atom. The molecule has 0 aliphatic heterocycles. The van der Waals surface area contributed by atoms with Crippen LogP contribution in [0.4, 0.5) is 0 Å². The number of benzene rings is 1. The van der Waals surface area contributed by atoms with Crippen LogP contribution >= 0.6 is 11.3 Å². The largest absolute Gasteiger partial charge is 0.497 e. The van der Waals surface area contributed by atoms with Gasteiger partial charge in [-0.2, -0.15) is 0 Å². The molecule has 108 valence electrons. The van der Waals surface area contributed by atoms with E-state index in [9.17, 15) is 0 Å². The zero-order valence-electron chi connectivity index (χ0n) is 12.2. The summed E-state index contributed by atoms with van der Waals surface area (Å²) in [5.41, 5.74) is 1.23. The highest BCUT2D eigenvalue weighted by Gasteiger charge is 2.13. The summed E-state index contributed by atoms with van der Waals surface area (Å²) in [4.78, 5) is 0. The number of aromatic nitrogens is 2. The van der Waals surface area contributed by atoms with Crippen molar-refractivity contribution >= 4 is 11.3 Å². The van der Waals surface area contributed by atoms with Crippen LogP contribution in [0.15, 0.2) is 24.3 Å². The summed E-state index contributed by atoms with van der Waals surface area (Å²) < 4.78 is 5.16. The summed E-state index contributed by atoms with van der Waals surface area (Å²) in [5.74, 6) is 0.880. The zero-order valence-corrected chi connectivity index (χ0v) is 13.0. The first-order valence-electron chi connectivity index (χ1n) is 6.95. The lowest BCUT2D eigenvalue weighted by Gasteiger charge is -2.10. The fourth-order valence-corrected chi connectivity index (χ4v) is 3.09. The summed E-state index contributed by atoms with van der Waals surface area (Å²) in [6, 6.07) is 8.42. The third-order valence-electron chi connectivity index (χ3n) is 3.15. The maximum Gasteiger partial charge on any atom is 0.134 e. The summed E-state index contributed by atoms with van der Waals surface area (Å²) >= 11 is 1.69. The van der Waals surface area contributed by atoms with Crippen molar-refractivity contribution < 1.29 is 4.74 Å². The highest BCUT2D eigenvalue weighted by molar-refractivity contribution is 7.11. The molecule has 0 radical (unpaired) electrons. The van der Waals surface area contributed by atoms with Crippen LogP contribution in [0, 0.1) is 0 Å². The van der Waals surface area contributed by atoms with E-state index in [2.05, 4.69) is 41.5 Å². The van der Waals surface area contributed by atoms with Crippen LogP contribution in [0.3, 0.4) is 0 Å². The Hall–Kier alpha value is -1.46. The fourth-order valence-electron chi connectivity index (χ4n) is 2.05. The van der Waals surface area contributed by atoms with Crippen LogP contribution in [0.2, 0.25) is 0 Å². The topological polar surface area (TPSA) is 47.0 Å². The third-order valence-corrected chi connectivity index (χ3v) is 4.19. The van der Waals surface area contributed by atoms with E-state index in [-0.39, 0.29) is 0 Å². The minimum absolute atomic E-state index is 0.321. The second-order valence-electron chi connectivity index (χ2n) is 4.58. The Bertz CT molecular complexity index is 524. The molecule has 0 bridgehead atoms. The molecular weight excluding hydrogens is 270 g/mol. The van der Waals surface area contributed by atoms with E-state index in [1.54, 1.807) is 18.4 Å². The van der Waals surface area contributed by atoms with Crippen LogP contribution < -0.4 is 10.1 Å².